The van der Waals surface area contributed by atoms with Crippen LogP contribution in [0.5, 0.6) is 0 Å². The molecule has 0 atom stereocenters. The third kappa shape index (κ3) is 2.81. The summed E-state index contributed by atoms with van der Waals surface area (Å²) in [6.45, 7) is 0. The van der Waals surface area contributed by atoms with Crippen LogP contribution in [0.15, 0.2) is 27.1 Å². The zero-order valence-electron chi connectivity index (χ0n) is 9.84. The number of hydrogen-bond donors (Lipinski definition) is 0. The van der Waals surface area contributed by atoms with Crippen LogP contribution in [0.25, 0.3) is 16.1 Å². The van der Waals surface area contributed by atoms with Crippen molar-refractivity contribution in [2.24, 2.45) is 0 Å². The zero-order valence-corrected chi connectivity index (χ0v) is 13.1. The molecule has 92 valence electrons. The molecule has 6 heteroatoms. The number of thiophene rings is 1. The summed E-state index contributed by atoms with van der Waals surface area (Å²) < 4.78 is 1.02. The Kier molecular flexibility index (Phi) is 4.89. The van der Waals surface area contributed by atoms with Crippen LogP contribution in [-0.4, -0.2) is 17.5 Å². The van der Waals surface area contributed by atoms with E-state index in [1.807, 2.05) is 35.4 Å². The predicted molar refractivity (Wildman–Crippen MR) is 85.0 cm³/mol. The van der Waals surface area contributed by atoms with Gasteiger partial charge in [-0.1, -0.05) is 6.07 Å². The SMILES string of the molecule is CSC(SC)=C(C#N)c1nc(-c2cccs2)cs1. The molecule has 0 amide bonds. The number of thioether (sulfide) groups is 2. The van der Waals surface area contributed by atoms with Crippen molar-refractivity contribution in [3.8, 4) is 16.6 Å². The Morgan fingerprint density at radius 1 is 1.33 bits per heavy atom. The molecule has 2 heterocycles. The molecule has 18 heavy (non-hydrogen) atoms. The van der Waals surface area contributed by atoms with Gasteiger partial charge in [-0.25, -0.2) is 4.98 Å². The maximum absolute atomic E-state index is 9.29. The van der Waals surface area contributed by atoms with Crippen molar-refractivity contribution in [1.29, 1.82) is 5.26 Å². The summed E-state index contributed by atoms with van der Waals surface area (Å²) in [4.78, 5) is 5.71. The maximum atomic E-state index is 9.29. The highest BCUT2D eigenvalue weighted by Crippen LogP contribution is 2.35. The summed E-state index contributed by atoms with van der Waals surface area (Å²) in [5, 5.41) is 14.1. The minimum Gasteiger partial charge on any atom is -0.234 e. The Bertz CT molecular complexity index is 584. The maximum Gasteiger partial charge on any atom is 0.136 e. The summed E-state index contributed by atoms with van der Waals surface area (Å²) in [5.41, 5.74) is 1.64. The highest BCUT2D eigenvalue weighted by atomic mass is 32.2. The molecule has 2 rings (SSSR count). The lowest BCUT2D eigenvalue weighted by Crippen LogP contribution is -1.83. The van der Waals surface area contributed by atoms with Gasteiger partial charge in [-0.2, -0.15) is 5.26 Å². The van der Waals surface area contributed by atoms with Gasteiger partial charge in [0, 0.05) is 5.38 Å². The molecule has 2 aromatic rings. The largest absolute Gasteiger partial charge is 0.234 e. The molecule has 0 aromatic carbocycles. The molecule has 0 aliphatic heterocycles. The average molecular weight is 310 g/mol. The van der Waals surface area contributed by atoms with Crippen molar-refractivity contribution < 1.29 is 0 Å². The Hall–Kier alpha value is -0.740. The molecule has 2 aromatic heterocycles. The molecule has 0 fully saturated rings. The minimum absolute atomic E-state index is 0.683. The van der Waals surface area contributed by atoms with Crippen molar-refractivity contribution in [2.45, 2.75) is 0 Å². The van der Waals surface area contributed by atoms with Gasteiger partial charge in [0.15, 0.2) is 0 Å². The Morgan fingerprint density at radius 2 is 2.11 bits per heavy atom. The number of nitrogens with zero attached hydrogens (tertiary/aromatic N) is 2. The molecule has 0 saturated heterocycles. The second kappa shape index (κ2) is 6.43. The lowest BCUT2D eigenvalue weighted by molar-refractivity contribution is 1.38. The number of nitriles is 1. The molecular formula is C12H10N2S4. The van der Waals surface area contributed by atoms with E-state index in [9.17, 15) is 5.26 Å². The molecule has 0 aliphatic carbocycles. The second-order valence-corrected chi connectivity index (χ2v) is 6.89. The van der Waals surface area contributed by atoms with Crippen molar-refractivity contribution in [2.75, 3.05) is 12.5 Å². The number of thiazole rings is 1. The van der Waals surface area contributed by atoms with E-state index in [0.717, 1.165) is 19.8 Å². The molecule has 2 nitrogen and oxygen atoms in total. The van der Waals surface area contributed by atoms with Crippen LogP contribution in [0.2, 0.25) is 0 Å². The van der Waals surface area contributed by atoms with Gasteiger partial charge in [0.05, 0.1) is 14.8 Å². The quantitative estimate of drug-likeness (QED) is 0.761. The topological polar surface area (TPSA) is 36.7 Å². The fourth-order valence-corrected chi connectivity index (χ4v) is 4.46. The lowest BCUT2D eigenvalue weighted by atomic mass is 10.3. The number of aromatic nitrogens is 1. The molecule has 0 N–H and O–H groups in total. The van der Waals surface area contributed by atoms with Gasteiger partial charge in [-0.3, -0.25) is 0 Å². The summed E-state index contributed by atoms with van der Waals surface area (Å²) in [6.07, 6.45) is 3.97. The lowest BCUT2D eigenvalue weighted by Gasteiger charge is -2.01. The minimum atomic E-state index is 0.683. The summed E-state index contributed by atoms with van der Waals surface area (Å²) >= 11 is 6.38. The van der Waals surface area contributed by atoms with E-state index in [1.165, 1.54) is 11.3 Å². The molecule has 0 aliphatic rings. The summed E-state index contributed by atoms with van der Waals surface area (Å²) in [5.74, 6) is 0. The standard InChI is InChI=1S/C12H10N2S4/c1-15-12(16-2)8(6-13)11-14-9(7-18-11)10-4-3-5-17-10/h3-5,7H,1-2H3. The normalized spacial score (nSPS) is 10.1. The van der Waals surface area contributed by atoms with Crippen LogP contribution in [-0.2, 0) is 0 Å². The van der Waals surface area contributed by atoms with Crippen LogP contribution >= 0.6 is 46.2 Å². The predicted octanol–water partition coefficient (Wildman–Crippen LogP) is 4.79. The first-order chi connectivity index (χ1) is 8.80. The zero-order chi connectivity index (χ0) is 13.0. The van der Waals surface area contributed by atoms with Crippen LogP contribution in [0, 0.1) is 11.3 Å². The van der Waals surface area contributed by atoms with E-state index < -0.39 is 0 Å². The second-order valence-electron chi connectivity index (χ2n) is 3.20. The van der Waals surface area contributed by atoms with Gasteiger partial charge >= 0.3 is 0 Å². The number of rotatable bonds is 4. The van der Waals surface area contributed by atoms with Crippen molar-refractivity contribution in [1.82, 2.24) is 4.98 Å². The van der Waals surface area contributed by atoms with E-state index in [4.69, 9.17) is 0 Å². The van der Waals surface area contributed by atoms with Crippen LogP contribution in [0.1, 0.15) is 5.01 Å². The molecular weight excluding hydrogens is 300 g/mol. The third-order valence-electron chi connectivity index (χ3n) is 2.18. The Balaban J connectivity index is 2.41. The monoisotopic (exact) mass is 310 g/mol. The summed E-state index contributed by atoms with van der Waals surface area (Å²) in [7, 11) is 0. The average Bonchev–Trinajstić information content (AvgIpc) is 3.05. The molecule has 0 spiro atoms. The van der Waals surface area contributed by atoms with Crippen molar-refractivity contribution in [3.63, 3.8) is 0 Å². The summed E-state index contributed by atoms with van der Waals surface area (Å²) in [6, 6.07) is 6.32. The highest BCUT2D eigenvalue weighted by molar-refractivity contribution is 8.22. The van der Waals surface area contributed by atoms with Gasteiger partial charge < -0.3 is 0 Å². The highest BCUT2D eigenvalue weighted by Gasteiger charge is 2.13. The van der Waals surface area contributed by atoms with Gasteiger partial charge in [-0.05, 0) is 24.0 Å². The molecule has 0 saturated carbocycles. The fraction of sp³-hybridized carbons (Fsp3) is 0.167. The van der Waals surface area contributed by atoms with E-state index >= 15 is 0 Å². The fourth-order valence-electron chi connectivity index (χ4n) is 1.39. The Morgan fingerprint density at radius 3 is 2.67 bits per heavy atom. The van der Waals surface area contributed by atoms with Crippen LogP contribution in [0.3, 0.4) is 0 Å². The van der Waals surface area contributed by atoms with Gasteiger partial charge in [0.1, 0.15) is 16.6 Å². The third-order valence-corrected chi connectivity index (χ3v) is 6.08. The molecule has 0 unspecified atom stereocenters. The van der Waals surface area contributed by atoms with Crippen molar-refractivity contribution >= 4 is 51.8 Å². The van der Waals surface area contributed by atoms with Crippen LogP contribution in [0.4, 0.5) is 0 Å². The first kappa shape index (κ1) is 13.7. The molecule has 0 bridgehead atoms. The van der Waals surface area contributed by atoms with E-state index in [-0.39, 0.29) is 0 Å². The van der Waals surface area contributed by atoms with E-state index in [0.29, 0.717) is 5.57 Å². The Labute approximate surface area is 123 Å². The van der Waals surface area contributed by atoms with Crippen molar-refractivity contribution in [3.05, 3.63) is 32.1 Å². The van der Waals surface area contributed by atoms with E-state index in [1.54, 1.807) is 34.9 Å². The smallest absolute Gasteiger partial charge is 0.136 e. The van der Waals surface area contributed by atoms with Crippen LogP contribution < -0.4 is 0 Å². The van der Waals surface area contributed by atoms with E-state index in [2.05, 4.69) is 11.1 Å². The number of hydrogen-bond acceptors (Lipinski definition) is 6. The first-order valence-electron chi connectivity index (χ1n) is 5.02. The van der Waals surface area contributed by atoms with Gasteiger partial charge in [-0.15, -0.1) is 46.2 Å². The first-order valence-corrected chi connectivity index (χ1v) is 9.23. The number of allylic oxidation sites excluding steroid dienone is 1. The van der Waals surface area contributed by atoms with Gasteiger partial charge in [0.25, 0.3) is 0 Å². The molecule has 0 radical (unpaired) electrons. The van der Waals surface area contributed by atoms with Gasteiger partial charge in [0.2, 0.25) is 0 Å².